The molecule has 2 aliphatic carbocycles. The SMILES string of the molecule is CCCCC(=O)c1ccc(C2CCC[C@H]3CCCC[C@]23CC)cc1. The minimum Gasteiger partial charge on any atom is -0.294 e. The van der Waals surface area contributed by atoms with Gasteiger partial charge >= 0.3 is 0 Å². The summed E-state index contributed by atoms with van der Waals surface area (Å²) in [5, 5.41) is 0. The van der Waals surface area contributed by atoms with E-state index >= 15 is 0 Å². The van der Waals surface area contributed by atoms with E-state index in [1.165, 1.54) is 56.9 Å². The Morgan fingerprint density at radius 1 is 1.04 bits per heavy atom. The molecule has 1 aromatic carbocycles. The first-order chi connectivity index (χ1) is 11.7. The number of carbonyl (C=O) groups is 1. The molecular weight excluding hydrogens is 292 g/mol. The van der Waals surface area contributed by atoms with E-state index in [1.54, 1.807) is 0 Å². The lowest BCUT2D eigenvalue weighted by atomic mass is 9.52. The molecule has 1 unspecified atom stereocenters. The molecule has 24 heavy (non-hydrogen) atoms. The Balaban J connectivity index is 1.80. The van der Waals surface area contributed by atoms with E-state index in [0.717, 1.165) is 24.3 Å². The second-order valence-corrected chi connectivity index (χ2v) is 8.16. The number of ketones is 1. The number of hydrogen-bond donors (Lipinski definition) is 0. The normalized spacial score (nSPS) is 29.9. The maximum atomic E-state index is 12.2. The van der Waals surface area contributed by atoms with Crippen LogP contribution in [0, 0.1) is 11.3 Å². The van der Waals surface area contributed by atoms with Gasteiger partial charge in [0.05, 0.1) is 0 Å². The van der Waals surface area contributed by atoms with Gasteiger partial charge in [0.25, 0.3) is 0 Å². The van der Waals surface area contributed by atoms with E-state index in [-0.39, 0.29) is 0 Å². The average molecular weight is 327 g/mol. The molecule has 0 aromatic heterocycles. The van der Waals surface area contributed by atoms with Crippen LogP contribution in [0.4, 0.5) is 0 Å². The Hall–Kier alpha value is -1.11. The standard InChI is InChI=1S/C23H34O/c1-3-5-12-22(24)19-15-13-18(14-16-19)21-11-8-10-20-9-6-7-17-23(20,21)4-2/h13-16,20-21H,3-12,17H2,1-2H3/t20-,21?,23+/m1/s1. The van der Waals surface area contributed by atoms with Crippen molar-refractivity contribution in [3.63, 3.8) is 0 Å². The summed E-state index contributed by atoms with van der Waals surface area (Å²) >= 11 is 0. The summed E-state index contributed by atoms with van der Waals surface area (Å²) in [7, 11) is 0. The highest BCUT2D eigenvalue weighted by atomic mass is 16.1. The van der Waals surface area contributed by atoms with Gasteiger partial charge in [0, 0.05) is 12.0 Å². The topological polar surface area (TPSA) is 17.1 Å². The van der Waals surface area contributed by atoms with Crippen LogP contribution < -0.4 is 0 Å². The highest BCUT2D eigenvalue weighted by molar-refractivity contribution is 5.96. The lowest BCUT2D eigenvalue weighted by Gasteiger charge is -2.53. The molecule has 1 nitrogen and oxygen atoms in total. The second kappa shape index (κ2) is 7.85. The fourth-order valence-electron chi connectivity index (χ4n) is 5.68. The van der Waals surface area contributed by atoms with Crippen molar-refractivity contribution in [1.29, 1.82) is 0 Å². The predicted molar refractivity (Wildman–Crippen MR) is 102 cm³/mol. The third-order valence-corrected chi connectivity index (χ3v) is 7.05. The minimum absolute atomic E-state index is 0.313. The summed E-state index contributed by atoms with van der Waals surface area (Å²) in [5.74, 6) is 1.95. The van der Waals surface area contributed by atoms with Crippen molar-refractivity contribution in [1.82, 2.24) is 0 Å². The van der Waals surface area contributed by atoms with Gasteiger partial charge in [-0.05, 0) is 61.3 Å². The maximum Gasteiger partial charge on any atom is 0.162 e. The minimum atomic E-state index is 0.313. The predicted octanol–water partition coefficient (Wildman–Crippen LogP) is 6.91. The summed E-state index contributed by atoms with van der Waals surface area (Å²) in [6.07, 6.45) is 14.0. The van der Waals surface area contributed by atoms with Gasteiger partial charge in [-0.15, -0.1) is 0 Å². The Morgan fingerprint density at radius 2 is 1.79 bits per heavy atom. The first kappa shape index (κ1) is 17.7. The maximum absolute atomic E-state index is 12.2. The lowest BCUT2D eigenvalue weighted by Crippen LogP contribution is -2.41. The number of hydrogen-bond acceptors (Lipinski definition) is 1. The molecule has 2 fully saturated rings. The molecule has 0 aliphatic heterocycles. The molecule has 0 heterocycles. The molecule has 0 saturated heterocycles. The molecule has 2 aliphatic rings. The van der Waals surface area contributed by atoms with Gasteiger partial charge in [0.1, 0.15) is 0 Å². The van der Waals surface area contributed by atoms with Gasteiger partial charge in [0.2, 0.25) is 0 Å². The zero-order chi connectivity index (χ0) is 17.0. The van der Waals surface area contributed by atoms with Crippen LogP contribution in [0.1, 0.15) is 106 Å². The van der Waals surface area contributed by atoms with Gasteiger partial charge in [-0.2, -0.15) is 0 Å². The smallest absolute Gasteiger partial charge is 0.162 e. The number of unbranched alkanes of at least 4 members (excludes halogenated alkanes) is 1. The van der Waals surface area contributed by atoms with Crippen LogP contribution in [-0.4, -0.2) is 5.78 Å². The number of Topliss-reactive ketones (excluding diaryl/α,β-unsaturated/α-hetero) is 1. The quantitative estimate of drug-likeness (QED) is 0.519. The number of rotatable bonds is 6. The van der Waals surface area contributed by atoms with E-state index in [2.05, 4.69) is 38.1 Å². The number of benzene rings is 1. The van der Waals surface area contributed by atoms with Crippen LogP contribution in [-0.2, 0) is 0 Å². The molecule has 1 heteroatoms. The van der Waals surface area contributed by atoms with E-state index < -0.39 is 0 Å². The van der Waals surface area contributed by atoms with Gasteiger partial charge in [-0.25, -0.2) is 0 Å². The Bertz CT molecular complexity index is 542. The highest BCUT2D eigenvalue weighted by Crippen LogP contribution is 2.59. The Kier molecular flexibility index (Phi) is 5.79. The monoisotopic (exact) mass is 326 g/mol. The van der Waals surface area contributed by atoms with Gasteiger partial charge < -0.3 is 0 Å². The van der Waals surface area contributed by atoms with Crippen molar-refractivity contribution < 1.29 is 4.79 Å². The molecule has 132 valence electrons. The average Bonchev–Trinajstić information content (AvgIpc) is 2.65. The third kappa shape index (κ3) is 3.32. The number of fused-ring (bicyclic) bond motifs is 1. The van der Waals surface area contributed by atoms with Crippen LogP contribution in [0.5, 0.6) is 0 Å². The lowest BCUT2D eigenvalue weighted by molar-refractivity contribution is 0.0167. The molecule has 0 N–H and O–H groups in total. The van der Waals surface area contributed by atoms with Crippen LogP contribution in [0.2, 0.25) is 0 Å². The molecular formula is C23H34O. The molecule has 3 rings (SSSR count). The first-order valence-electron chi connectivity index (χ1n) is 10.3. The summed E-state index contributed by atoms with van der Waals surface area (Å²) in [6.45, 7) is 4.56. The van der Waals surface area contributed by atoms with Crippen molar-refractivity contribution in [2.75, 3.05) is 0 Å². The fourth-order valence-corrected chi connectivity index (χ4v) is 5.68. The summed E-state index contributed by atoms with van der Waals surface area (Å²) in [4.78, 5) is 12.2. The van der Waals surface area contributed by atoms with Crippen LogP contribution >= 0.6 is 0 Å². The molecule has 0 bridgehead atoms. The van der Waals surface area contributed by atoms with Crippen LogP contribution in [0.15, 0.2) is 24.3 Å². The molecule has 3 atom stereocenters. The van der Waals surface area contributed by atoms with Gasteiger partial charge in [-0.3, -0.25) is 4.79 Å². The number of carbonyl (C=O) groups excluding carboxylic acids is 1. The van der Waals surface area contributed by atoms with E-state index in [4.69, 9.17) is 0 Å². The summed E-state index contributed by atoms with van der Waals surface area (Å²) in [5.41, 5.74) is 2.94. The second-order valence-electron chi connectivity index (χ2n) is 8.16. The van der Waals surface area contributed by atoms with Crippen molar-refractivity contribution in [3.8, 4) is 0 Å². The third-order valence-electron chi connectivity index (χ3n) is 7.05. The fraction of sp³-hybridized carbons (Fsp3) is 0.696. The zero-order valence-electron chi connectivity index (χ0n) is 15.7. The van der Waals surface area contributed by atoms with Crippen LogP contribution in [0.25, 0.3) is 0 Å². The largest absolute Gasteiger partial charge is 0.294 e. The highest BCUT2D eigenvalue weighted by Gasteiger charge is 2.47. The summed E-state index contributed by atoms with van der Waals surface area (Å²) < 4.78 is 0. The Labute approximate surface area is 148 Å². The first-order valence-corrected chi connectivity index (χ1v) is 10.3. The molecule has 0 spiro atoms. The van der Waals surface area contributed by atoms with Gasteiger partial charge in [0.15, 0.2) is 5.78 Å². The Morgan fingerprint density at radius 3 is 2.50 bits per heavy atom. The van der Waals surface area contributed by atoms with E-state index in [0.29, 0.717) is 23.5 Å². The van der Waals surface area contributed by atoms with E-state index in [9.17, 15) is 4.79 Å². The van der Waals surface area contributed by atoms with E-state index in [1.807, 2.05) is 0 Å². The molecule has 1 aromatic rings. The van der Waals surface area contributed by atoms with Crippen molar-refractivity contribution in [2.45, 2.75) is 90.4 Å². The van der Waals surface area contributed by atoms with Crippen molar-refractivity contribution in [3.05, 3.63) is 35.4 Å². The van der Waals surface area contributed by atoms with Gasteiger partial charge in [-0.1, -0.05) is 63.8 Å². The summed E-state index contributed by atoms with van der Waals surface area (Å²) in [6, 6.07) is 8.75. The molecule has 0 radical (unpaired) electrons. The molecule has 2 saturated carbocycles. The van der Waals surface area contributed by atoms with Crippen LogP contribution in [0.3, 0.4) is 0 Å². The van der Waals surface area contributed by atoms with Crippen molar-refractivity contribution >= 4 is 5.78 Å². The van der Waals surface area contributed by atoms with Crippen molar-refractivity contribution in [2.24, 2.45) is 11.3 Å². The zero-order valence-corrected chi connectivity index (χ0v) is 15.7. The molecule has 0 amide bonds.